The van der Waals surface area contributed by atoms with Gasteiger partial charge in [0, 0.05) is 42.5 Å². The number of esters is 1. The molecule has 168 valence electrons. The molecule has 7 heteroatoms. The van der Waals surface area contributed by atoms with Crippen molar-refractivity contribution in [3.63, 3.8) is 0 Å². The van der Waals surface area contributed by atoms with Crippen LogP contribution in [-0.4, -0.2) is 41.5 Å². The molecule has 1 aliphatic heterocycles. The highest BCUT2D eigenvalue weighted by Gasteiger charge is 2.31. The smallest absolute Gasteiger partial charge is 0.310 e. The number of aromatic nitrogens is 1. The van der Waals surface area contributed by atoms with Crippen LogP contribution in [0.5, 0.6) is 0 Å². The van der Waals surface area contributed by atoms with Crippen LogP contribution < -0.4 is 0 Å². The summed E-state index contributed by atoms with van der Waals surface area (Å²) < 4.78 is 5.18. The summed E-state index contributed by atoms with van der Waals surface area (Å²) in [7, 11) is 0. The topological polar surface area (TPSA) is 62.4 Å². The number of halogens is 2. The lowest BCUT2D eigenvalue weighted by Crippen LogP contribution is -2.43. The van der Waals surface area contributed by atoms with Gasteiger partial charge in [0.1, 0.15) is 0 Å². The molecule has 4 rings (SSSR count). The molecule has 0 unspecified atom stereocenters. The Hall–Kier alpha value is -2.50. The number of likely N-dealkylation sites (tertiary alicyclic amines) is 1. The second-order valence-electron chi connectivity index (χ2n) is 8.15. The zero-order valence-electron chi connectivity index (χ0n) is 17.9. The molecule has 0 bridgehead atoms. The highest BCUT2D eigenvalue weighted by Crippen LogP contribution is 2.36. The van der Waals surface area contributed by atoms with Gasteiger partial charge in [0.05, 0.1) is 22.6 Å². The van der Waals surface area contributed by atoms with Gasteiger partial charge >= 0.3 is 5.97 Å². The Morgan fingerprint density at radius 2 is 2.00 bits per heavy atom. The minimum absolute atomic E-state index is 0.0142. The summed E-state index contributed by atoms with van der Waals surface area (Å²) in [6, 6.07) is 13.6. The first kappa shape index (κ1) is 22.7. The predicted molar refractivity (Wildman–Crippen MR) is 127 cm³/mol. The van der Waals surface area contributed by atoms with Crippen LogP contribution >= 0.6 is 23.2 Å². The molecule has 1 aliphatic rings. The lowest BCUT2D eigenvalue weighted by molar-refractivity contribution is -0.151. The van der Waals surface area contributed by atoms with Crippen molar-refractivity contribution in [1.29, 1.82) is 0 Å². The Labute approximate surface area is 197 Å². The maximum absolute atomic E-state index is 13.4. The number of benzene rings is 2. The van der Waals surface area contributed by atoms with E-state index in [0.717, 1.165) is 34.9 Å². The van der Waals surface area contributed by atoms with Crippen molar-refractivity contribution in [1.82, 2.24) is 9.88 Å². The molecule has 0 aliphatic carbocycles. The van der Waals surface area contributed by atoms with E-state index < -0.39 is 0 Å². The monoisotopic (exact) mass is 472 g/mol. The second-order valence-corrected chi connectivity index (χ2v) is 8.97. The van der Waals surface area contributed by atoms with Crippen LogP contribution in [0.4, 0.5) is 0 Å². The first-order valence-electron chi connectivity index (χ1n) is 10.9. The molecule has 32 heavy (non-hydrogen) atoms. The Kier molecular flexibility index (Phi) is 7.07. The van der Waals surface area contributed by atoms with Crippen molar-refractivity contribution in [2.45, 2.75) is 32.1 Å². The molecule has 1 saturated heterocycles. The van der Waals surface area contributed by atoms with Crippen molar-refractivity contribution < 1.29 is 14.3 Å². The number of carbonyl (C=O) groups excluding carboxylic acids is 2. The molecule has 1 N–H and O–H groups in total. The summed E-state index contributed by atoms with van der Waals surface area (Å²) in [5, 5.41) is 2.01. The molecule has 3 aromatic rings. The molecule has 1 aromatic heterocycles. The van der Waals surface area contributed by atoms with E-state index in [0.29, 0.717) is 29.7 Å². The normalized spacial score (nSPS) is 17.3. The fraction of sp³-hybridized carbons (Fsp3) is 0.360. The first-order valence-corrected chi connectivity index (χ1v) is 11.7. The largest absolute Gasteiger partial charge is 0.466 e. The van der Waals surface area contributed by atoms with Crippen LogP contribution in [0.1, 0.15) is 43.2 Å². The number of aromatic amines is 1. The van der Waals surface area contributed by atoms with Gasteiger partial charge in [-0.15, -0.1) is 0 Å². The number of hydrogen-bond donors (Lipinski definition) is 1. The number of piperidine rings is 1. The van der Waals surface area contributed by atoms with Crippen LogP contribution in [0.25, 0.3) is 10.9 Å². The number of fused-ring (bicyclic) bond motifs is 1. The van der Waals surface area contributed by atoms with Gasteiger partial charge in [-0.2, -0.15) is 0 Å². The number of H-pyrrole nitrogens is 1. The number of rotatable bonds is 6. The molecular weight excluding hydrogens is 447 g/mol. The summed E-state index contributed by atoms with van der Waals surface area (Å²) in [4.78, 5) is 30.7. The molecule has 0 spiro atoms. The minimum Gasteiger partial charge on any atom is -0.466 e. The average Bonchev–Trinajstić information content (AvgIpc) is 3.23. The molecule has 1 amide bonds. The van der Waals surface area contributed by atoms with Gasteiger partial charge in [-0.1, -0.05) is 47.5 Å². The average molecular weight is 473 g/mol. The number of para-hydroxylation sites is 1. The van der Waals surface area contributed by atoms with Crippen LogP contribution in [0.15, 0.2) is 48.7 Å². The predicted octanol–water partition coefficient (Wildman–Crippen LogP) is 5.80. The van der Waals surface area contributed by atoms with Crippen molar-refractivity contribution in [2.75, 3.05) is 19.7 Å². The number of amides is 1. The third kappa shape index (κ3) is 4.79. The summed E-state index contributed by atoms with van der Waals surface area (Å²) in [5.41, 5.74) is 2.98. The Balaban J connectivity index is 1.62. The van der Waals surface area contributed by atoms with Gasteiger partial charge in [-0.05, 0) is 49.1 Å². The van der Waals surface area contributed by atoms with E-state index in [1.54, 1.807) is 17.9 Å². The van der Waals surface area contributed by atoms with E-state index >= 15 is 0 Å². The van der Waals surface area contributed by atoms with E-state index in [1.165, 1.54) is 0 Å². The van der Waals surface area contributed by atoms with Gasteiger partial charge in [0.25, 0.3) is 0 Å². The highest BCUT2D eigenvalue weighted by atomic mass is 35.5. The third-order valence-electron chi connectivity index (χ3n) is 6.12. The van der Waals surface area contributed by atoms with Gasteiger partial charge in [0.15, 0.2) is 0 Å². The van der Waals surface area contributed by atoms with Crippen molar-refractivity contribution in [3.8, 4) is 0 Å². The zero-order chi connectivity index (χ0) is 22.7. The van der Waals surface area contributed by atoms with Crippen LogP contribution in [-0.2, 0) is 14.3 Å². The Morgan fingerprint density at radius 1 is 1.19 bits per heavy atom. The van der Waals surface area contributed by atoms with Gasteiger partial charge in [0.2, 0.25) is 5.91 Å². The fourth-order valence-corrected chi connectivity index (χ4v) is 4.79. The molecule has 2 aromatic carbocycles. The van der Waals surface area contributed by atoms with Crippen LogP contribution in [0.3, 0.4) is 0 Å². The number of nitrogens with zero attached hydrogens (tertiary/aromatic N) is 1. The molecule has 5 nitrogen and oxygen atoms in total. The van der Waals surface area contributed by atoms with E-state index in [2.05, 4.69) is 4.98 Å². The summed E-state index contributed by atoms with van der Waals surface area (Å²) >= 11 is 12.5. The van der Waals surface area contributed by atoms with Crippen LogP contribution in [0.2, 0.25) is 10.0 Å². The Bertz CT molecular complexity index is 1130. The minimum atomic E-state index is -0.260. The highest BCUT2D eigenvalue weighted by molar-refractivity contribution is 6.42. The molecule has 0 saturated carbocycles. The van der Waals surface area contributed by atoms with E-state index in [4.69, 9.17) is 27.9 Å². The lowest BCUT2D eigenvalue weighted by Gasteiger charge is -2.32. The number of ether oxygens (including phenoxy) is 1. The van der Waals surface area contributed by atoms with E-state index in [9.17, 15) is 9.59 Å². The maximum atomic E-state index is 13.4. The molecular formula is C25H26Cl2N2O3. The summed E-state index contributed by atoms with van der Waals surface area (Å²) in [6.07, 6.45) is 3.78. The fourth-order valence-electron chi connectivity index (χ4n) is 4.48. The summed E-state index contributed by atoms with van der Waals surface area (Å²) in [6.45, 7) is 3.20. The maximum Gasteiger partial charge on any atom is 0.310 e. The molecule has 0 radical (unpaired) electrons. The van der Waals surface area contributed by atoms with Crippen LogP contribution in [0, 0.1) is 5.92 Å². The van der Waals surface area contributed by atoms with Gasteiger partial charge in [-0.3, -0.25) is 9.59 Å². The van der Waals surface area contributed by atoms with E-state index in [1.807, 2.05) is 42.6 Å². The van der Waals surface area contributed by atoms with Gasteiger partial charge in [-0.25, -0.2) is 0 Å². The lowest BCUT2D eigenvalue weighted by atomic mass is 9.87. The second kappa shape index (κ2) is 9.97. The van der Waals surface area contributed by atoms with E-state index in [-0.39, 0.29) is 30.1 Å². The third-order valence-corrected chi connectivity index (χ3v) is 6.85. The zero-order valence-corrected chi connectivity index (χ0v) is 19.5. The summed E-state index contributed by atoms with van der Waals surface area (Å²) in [5.74, 6) is -0.663. The Morgan fingerprint density at radius 3 is 2.78 bits per heavy atom. The number of nitrogens with one attached hydrogen (secondary N) is 1. The number of hydrogen-bond acceptors (Lipinski definition) is 3. The molecule has 1 fully saturated rings. The molecule has 2 heterocycles. The van der Waals surface area contributed by atoms with Crippen molar-refractivity contribution >= 4 is 46.0 Å². The number of carbonyl (C=O) groups is 2. The molecule has 2 atom stereocenters. The quantitative estimate of drug-likeness (QED) is 0.461. The van der Waals surface area contributed by atoms with Crippen molar-refractivity contribution in [2.24, 2.45) is 5.92 Å². The SMILES string of the molecule is CCOC(=O)[C@@H]1CCCN(C(=O)C[C@@H](c2ccc(Cl)c(Cl)c2)c2c[nH]c3ccccc23)C1. The first-order chi connectivity index (χ1) is 15.5. The van der Waals surface area contributed by atoms with Crippen molar-refractivity contribution in [3.05, 3.63) is 69.8 Å². The van der Waals surface area contributed by atoms with Gasteiger partial charge < -0.3 is 14.6 Å². The standard InChI is InChI=1S/C25H26Cl2N2O3/c1-2-32-25(31)17-6-5-11-29(15-17)24(30)13-19(16-9-10-21(26)22(27)12-16)20-14-28-23-8-4-3-7-18(20)23/h3-4,7-10,12,14,17,19,28H,2,5-6,11,13,15H2,1H3/t17-,19+/m1/s1.